The Morgan fingerprint density at radius 2 is 1.67 bits per heavy atom. The minimum atomic E-state index is -0.630. The summed E-state index contributed by atoms with van der Waals surface area (Å²) in [5, 5.41) is 2.94. The van der Waals surface area contributed by atoms with E-state index in [4.69, 9.17) is 14.2 Å². The monoisotopic (exact) mass is 329 g/mol. The summed E-state index contributed by atoms with van der Waals surface area (Å²) in [7, 11) is 3.20. The van der Waals surface area contributed by atoms with Crippen LogP contribution < -0.4 is 19.5 Å². The molecule has 0 spiro atoms. The van der Waals surface area contributed by atoms with E-state index >= 15 is 0 Å². The highest BCUT2D eigenvalue weighted by Crippen LogP contribution is 2.25. The van der Waals surface area contributed by atoms with Crippen molar-refractivity contribution < 1.29 is 19.0 Å². The summed E-state index contributed by atoms with van der Waals surface area (Å²) in [5.41, 5.74) is 0.918. The van der Waals surface area contributed by atoms with Crippen molar-refractivity contribution in [3.05, 3.63) is 54.1 Å². The first-order valence-electron chi connectivity index (χ1n) is 7.79. The van der Waals surface area contributed by atoms with Gasteiger partial charge in [-0.1, -0.05) is 24.3 Å². The largest absolute Gasteiger partial charge is 0.497 e. The lowest BCUT2D eigenvalue weighted by molar-refractivity contribution is -0.127. The fourth-order valence-corrected chi connectivity index (χ4v) is 2.36. The van der Waals surface area contributed by atoms with E-state index in [2.05, 4.69) is 5.32 Å². The molecule has 0 aliphatic rings. The number of nitrogens with one attached hydrogen (secondary N) is 1. The third-order valence-electron chi connectivity index (χ3n) is 3.69. The number of amides is 1. The SMILES string of the molecule is COc1cccc(OC(C)C(=O)NC(C)c2ccccc2OC)c1. The summed E-state index contributed by atoms with van der Waals surface area (Å²) in [6.45, 7) is 3.62. The van der Waals surface area contributed by atoms with Gasteiger partial charge in [0, 0.05) is 11.6 Å². The molecule has 2 aromatic rings. The molecule has 0 bridgehead atoms. The number of hydrogen-bond acceptors (Lipinski definition) is 4. The Morgan fingerprint density at radius 3 is 2.38 bits per heavy atom. The summed E-state index contributed by atoms with van der Waals surface area (Å²) in [6, 6.07) is 14.6. The molecule has 0 aliphatic carbocycles. The van der Waals surface area contributed by atoms with Crippen LogP contribution in [0.15, 0.2) is 48.5 Å². The van der Waals surface area contributed by atoms with E-state index < -0.39 is 6.10 Å². The number of ether oxygens (including phenoxy) is 3. The Kier molecular flexibility index (Phi) is 6.07. The maximum absolute atomic E-state index is 12.4. The molecule has 2 atom stereocenters. The lowest BCUT2D eigenvalue weighted by Crippen LogP contribution is -2.37. The first-order chi connectivity index (χ1) is 11.5. The number of rotatable bonds is 7. The van der Waals surface area contributed by atoms with Crippen LogP contribution in [0.4, 0.5) is 0 Å². The number of benzene rings is 2. The van der Waals surface area contributed by atoms with Crippen molar-refractivity contribution in [2.45, 2.75) is 26.0 Å². The van der Waals surface area contributed by atoms with Crippen molar-refractivity contribution in [2.24, 2.45) is 0 Å². The number of carbonyl (C=O) groups is 1. The third-order valence-corrected chi connectivity index (χ3v) is 3.69. The Morgan fingerprint density at radius 1 is 0.958 bits per heavy atom. The predicted octanol–water partition coefficient (Wildman–Crippen LogP) is 3.35. The molecule has 0 fully saturated rings. The maximum atomic E-state index is 12.4. The first-order valence-corrected chi connectivity index (χ1v) is 7.79. The molecular formula is C19H23NO4. The lowest BCUT2D eigenvalue weighted by atomic mass is 10.1. The summed E-state index contributed by atoms with van der Waals surface area (Å²) in [4.78, 5) is 12.4. The van der Waals surface area contributed by atoms with Crippen molar-refractivity contribution in [2.75, 3.05) is 14.2 Å². The van der Waals surface area contributed by atoms with E-state index in [0.717, 1.165) is 11.3 Å². The van der Waals surface area contributed by atoms with Crippen molar-refractivity contribution in [1.29, 1.82) is 0 Å². The third kappa shape index (κ3) is 4.41. The molecule has 5 nitrogen and oxygen atoms in total. The van der Waals surface area contributed by atoms with Crippen LogP contribution >= 0.6 is 0 Å². The van der Waals surface area contributed by atoms with Crippen LogP contribution in [0.3, 0.4) is 0 Å². The number of methoxy groups -OCH3 is 2. The number of hydrogen-bond donors (Lipinski definition) is 1. The number of para-hydroxylation sites is 1. The molecule has 5 heteroatoms. The van der Waals surface area contributed by atoms with Crippen LogP contribution in [0.2, 0.25) is 0 Å². The van der Waals surface area contributed by atoms with Gasteiger partial charge in [0.2, 0.25) is 0 Å². The van der Waals surface area contributed by atoms with Crippen LogP contribution in [0.5, 0.6) is 17.2 Å². The van der Waals surface area contributed by atoms with Crippen molar-refractivity contribution in [3.8, 4) is 17.2 Å². The summed E-state index contributed by atoms with van der Waals surface area (Å²) in [5.74, 6) is 1.81. The smallest absolute Gasteiger partial charge is 0.261 e. The van der Waals surface area contributed by atoms with E-state index in [1.165, 1.54) is 0 Å². The van der Waals surface area contributed by atoms with E-state index in [0.29, 0.717) is 11.5 Å². The van der Waals surface area contributed by atoms with Crippen molar-refractivity contribution >= 4 is 5.91 Å². The second kappa shape index (κ2) is 8.24. The fraction of sp³-hybridized carbons (Fsp3) is 0.316. The average Bonchev–Trinajstić information content (AvgIpc) is 2.61. The van der Waals surface area contributed by atoms with Gasteiger partial charge in [-0.3, -0.25) is 4.79 Å². The Bertz CT molecular complexity index is 687. The highest BCUT2D eigenvalue weighted by Gasteiger charge is 2.19. The molecule has 0 saturated heterocycles. The van der Waals surface area contributed by atoms with Crippen LogP contribution in [-0.4, -0.2) is 26.2 Å². The number of carbonyl (C=O) groups excluding carboxylic acids is 1. The molecule has 128 valence electrons. The van der Waals surface area contributed by atoms with Gasteiger partial charge < -0.3 is 19.5 Å². The molecule has 2 aromatic carbocycles. The van der Waals surface area contributed by atoms with E-state index in [1.807, 2.05) is 43.3 Å². The zero-order valence-corrected chi connectivity index (χ0v) is 14.4. The van der Waals surface area contributed by atoms with Gasteiger partial charge in [0.05, 0.1) is 20.3 Å². The highest BCUT2D eigenvalue weighted by molar-refractivity contribution is 5.81. The van der Waals surface area contributed by atoms with Gasteiger partial charge in [0.25, 0.3) is 5.91 Å². The van der Waals surface area contributed by atoms with Crippen LogP contribution in [0, 0.1) is 0 Å². The zero-order chi connectivity index (χ0) is 17.5. The predicted molar refractivity (Wildman–Crippen MR) is 92.6 cm³/mol. The van der Waals surface area contributed by atoms with Crippen molar-refractivity contribution in [3.63, 3.8) is 0 Å². The molecule has 0 saturated carbocycles. The van der Waals surface area contributed by atoms with Gasteiger partial charge in [-0.25, -0.2) is 0 Å². The second-order valence-corrected chi connectivity index (χ2v) is 5.41. The summed E-state index contributed by atoms with van der Waals surface area (Å²) < 4.78 is 16.2. The first kappa shape index (κ1) is 17.7. The molecule has 0 heterocycles. The molecule has 0 aliphatic heterocycles. The van der Waals surface area contributed by atoms with Gasteiger partial charge in [0.15, 0.2) is 6.10 Å². The standard InChI is InChI=1S/C19H23NO4/c1-13(17-10-5-6-11-18(17)23-4)20-19(21)14(2)24-16-9-7-8-15(12-16)22-3/h5-14H,1-4H3,(H,20,21). The fourth-order valence-electron chi connectivity index (χ4n) is 2.36. The quantitative estimate of drug-likeness (QED) is 0.846. The van der Waals surface area contributed by atoms with Crippen LogP contribution in [-0.2, 0) is 4.79 Å². The molecular weight excluding hydrogens is 306 g/mol. The topological polar surface area (TPSA) is 56.8 Å². The minimum Gasteiger partial charge on any atom is -0.497 e. The Balaban J connectivity index is 2.00. The van der Waals surface area contributed by atoms with Crippen LogP contribution in [0.1, 0.15) is 25.5 Å². The highest BCUT2D eigenvalue weighted by atomic mass is 16.5. The molecule has 1 N–H and O–H groups in total. The normalized spacial score (nSPS) is 12.8. The van der Waals surface area contributed by atoms with Gasteiger partial charge in [-0.2, -0.15) is 0 Å². The minimum absolute atomic E-state index is 0.190. The average molecular weight is 329 g/mol. The molecule has 24 heavy (non-hydrogen) atoms. The van der Waals surface area contributed by atoms with Gasteiger partial charge in [-0.05, 0) is 32.0 Å². The van der Waals surface area contributed by atoms with E-state index in [9.17, 15) is 4.79 Å². The molecule has 1 amide bonds. The summed E-state index contributed by atoms with van der Waals surface area (Å²) >= 11 is 0. The lowest BCUT2D eigenvalue weighted by Gasteiger charge is -2.20. The maximum Gasteiger partial charge on any atom is 0.261 e. The Hall–Kier alpha value is -2.69. The molecule has 0 aromatic heterocycles. The molecule has 2 rings (SSSR count). The molecule has 2 unspecified atom stereocenters. The van der Waals surface area contributed by atoms with Crippen LogP contribution in [0.25, 0.3) is 0 Å². The van der Waals surface area contributed by atoms with Gasteiger partial charge >= 0.3 is 0 Å². The molecule has 0 radical (unpaired) electrons. The van der Waals surface area contributed by atoms with Gasteiger partial charge in [0.1, 0.15) is 17.2 Å². The van der Waals surface area contributed by atoms with E-state index in [-0.39, 0.29) is 11.9 Å². The second-order valence-electron chi connectivity index (χ2n) is 5.41. The van der Waals surface area contributed by atoms with Crippen molar-refractivity contribution in [1.82, 2.24) is 5.32 Å². The summed E-state index contributed by atoms with van der Waals surface area (Å²) in [6.07, 6.45) is -0.630. The van der Waals surface area contributed by atoms with Gasteiger partial charge in [-0.15, -0.1) is 0 Å². The van der Waals surface area contributed by atoms with E-state index in [1.54, 1.807) is 33.3 Å². The zero-order valence-electron chi connectivity index (χ0n) is 14.4. The Labute approximate surface area is 142 Å².